The van der Waals surface area contributed by atoms with Crippen molar-refractivity contribution in [2.24, 2.45) is 0 Å². The molecule has 1 unspecified atom stereocenters. The lowest BCUT2D eigenvalue weighted by molar-refractivity contribution is 0.761. The van der Waals surface area contributed by atoms with E-state index in [1.165, 1.54) is 71.9 Å². The fourth-order valence-electron chi connectivity index (χ4n) is 13.3. The van der Waals surface area contributed by atoms with Gasteiger partial charge in [-0.25, -0.2) is 4.98 Å². The number of imidazole rings is 2. The average Bonchev–Trinajstić information content (AvgIpc) is 4.41. The number of nitrogens with zero attached hydrogens (tertiary/aromatic N) is 5. The van der Waals surface area contributed by atoms with Crippen LogP contribution in [0.5, 0.6) is 0 Å². The van der Waals surface area contributed by atoms with Gasteiger partial charge in [0.05, 0.1) is 38.5 Å². The van der Waals surface area contributed by atoms with E-state index in [0.717, 1.165) is 67.4 Å². The Labute approximate surface area is 463 Å². The Morgan fingerprint density at radius 1 is 0.338 bits per heavy atom. The van der Waals surface area contributed by atoms with Crippen molar-refractivity contribution in [3.63, 3.8) is 0 Å². The Morgan fingerprint density at radius 3 is 1.59 bits per heavy atom. The molecule has 0 fully saturated rings. The van der Waals surface area contributed by atoms with Crippen molar-refractivity contribution < 1.29 is 0 Å². The number of aryl methyl sites for hydroxylation is 1. The van der Waals surface area contributed by atoms with E-state index < -0.39 is 5.41 Å². The molecule has 0 saturated heterocycles. The summed E-state index contributed by atoms with van der Waals surface area (Å²) in [5.41, 5.74) is 24.9. The van der Waals surface area contributed by atoms with Crippen LogP contribution in [0.15, 0.2) is 291 Å². The van der Waals surface area contributed by atoms with Gasteiger partial charge in [0.1, 0.15) is 0 Å². The summed E-state index contributed by atoms with van der Waals surface area (Å²) in [5.74, 6) is 0.873. The molecular formula is C75H51N5. The van der Waals surface area contributed by atoms with Crippen LogP contribution in [0.2, 0.25) is 0 Å². The van der Waals surface area contributed by atoms with Crippen LogP contribution in [0, 0.1) is 6.92 Å². The first-order valence-corrected chi connectivity index (χ1v) is 27.5. The number of aromatic nitrogens is 4. The van der Waals surface area contributed by atoms with E-state index in [9.17, 15) is 0 Å². The van der Waals surface area contributed by atoms with Crippen LogP contribution in [0.1, 0.15) is 27.8 Å². The van der Waals surface area contributed by atoms with Gasteiger partial charge in [-0.2, -0.15) is 0 Å². The van der Waals surface area contributed by atoms with E-state index in [1.54, 1.807) is 0 Å². The summed E-state index contributed by atoms with van der Waals surface area (Å²) in [6, 6.07) is 107. The molecule has 0 N–H and O–H groups in total. The van der Waals surface area contributed by atoms with Crippen LogP contribution < -0.4 is 4.90 Å². The van der Waals surface area contributed by atoms with E-state index in [0.29, 0.717) is 0 Å². The van der Waals surface area contributed by atoms with Crippen molar-refractivity contribution in [3.8, 4) is 44.8 Å². The fraction of sp³-hybridized carbons (Fsp3) is 0.0267. The number of hydrogen-bond acceptors (Lipinski definition) is 2. The normalized spacial score (nSPS) is 13.9. The second-order valence-electron chi connectivity index (χ2n) is 21.2. The van der Waals surface area contributed by atoms with Gasteiger partial charge in [-0.15, -0.1) is 0 Å². The van der Waals surface area contributed by atoms with Gasteiger partial charge in [0, 0.05) is 39.2 Å². The minimum Gasteiger partial charge on any atom is -0.310 e. The molecule has 0 saturated carbocycles. The zero-order valence-corrected chi connectivity index (χ0v) is 43.9. The number of fused-ring (bicyclic) bond motifs is 11. The first-order chi connectivity index (χ1) is 39.6. The molecule has 0 spiro atoms. The van der Waals surface area contributed by atoms with Gasteiger partial charge in [-0.05, 0) is 159 Å². The Bertz CT molecular complexity index is 4820. The minimum absolute atomic E-state index is 0.544. The maximum absolute atomic E-state index is 5.38. The van der Waals surface area contributed by atoms with Crippen LogP contribution >= 0.6 is 0 Å². The lowest BCUT2D eigenvalue weighted by atomic mass is 9.66. The monoisotopic (exact) mass is 1020 g/mol. The van der Waals surface area contributed by atoms with Gasteiger partial charge in [0.25, 0.3) is 0 Å². The third-order valence-electron chi connectivity index (χ3n) is 16.9. The summed E-state index contributed by atoms with van der Waals surface area (Å²) in [4.78, 5) is 7.81. The SMILES string of the molecule is Cc1ccccc1C1(c2ccccc2)c2ccccc2-c2ccc(N(c3ccc(-c4ccccc4)cc3)c3ccc(-c4ccc5c(c4)n4c6cc(-n7c8ccccc8c8ccccc87)ccc6nc4n5-c4ccccc4)cc3)cc21. The molecule has 5 heteroatoms. The number of anilines is 3. The highest BCUT2D eigenvalue weighted by Gasteiger charge is 2.47. The fourth-order valence-corrected chi connectivity index (χ4v) is 13.3. The van der Waals surface area contributed by atoms with Gasteiger partial charge < -0.3 is 9.47 Å². The highest BCUT2D eigenvalue weighted by molar-refractivity contribution is 6.09. The van der Waals surface area contributed by atoms with E-state index in [1.807, 2.05) is 0 Å². The largest absolute Gasteiger partial charge is 0.310 e. The number of para-hydroxylation sites is 3. The van der Waals surface area contributed by atoms with E-state index >= 15 is 0 Å². The van der Waals surface area contributed by atoms with Gasteiger partial charge in [0.15, 0.2) is 0 Å². The van der Waals surface area contributed by atoms with Crippen molar-refractivity contribution in [1.82, 2.24) is 18.5 Å². The van der Waals surface area contributed by atoms with Crippen molar-refractivity contribution in [2.45, 2.75) is 12.3 Å². The third kappa shape index (κ3) is 6.87. The molecule has 0 bridgehead atoms. The lowest BCUT2D eigenvalue weighted by Crippen LogP contribution is -2.29. The topological polar surface area (TPSA) is 30.4 Å². The second-order valence-corrected chi connectivity index (χ2v) is 21.2. The predicted octanol–water partition coefficient (Wildman–Crippen LogP) is 19.0. The summed E-state index contributed by atoms with van der Waals surface area (Å²) in [6.07, 6.45) is 0. The number of benzene rings is 12. The lowest BCUT2D eigenvalue weighted by Gasteiger charge is -2.36. The summed E-state index contributed by atoms with van der Waals surface area (Å²) >= 11 is 0. The maximum Gasteiger partial charge on any atom is 0.220 e. The molecule has 0 aliphatic heterocycles. The van der Waals surface area contributed by atoms with E-state index in [-0.39, 0.29) is 0 Å². The van der Waals surface area contributed by atoms with Gasteiger partial charge in [-0.3, -0.25) is 8.97 Å². The Kier molecular flexibility index (Phi) is 10.3. The molecule has 376 valence electrons. The van der Waals surface area contributed by atoms with Crippen molar-refractivity contribution in [3.05, 3.63) is 319 Å². The molecule has 1 aliphatic rings. The zero-order chi connectivity index (χ0) is 52.9. The Morgan fingerprint density at radius 2 is 0.887 bits per heavy atom. The average molecular weight is 1020 g/mol. The molecule has 3 aromatic heterocycles. The quantitative estimate of drug-likeness (QED) is 0.144. The first kappa shape index (κ1) is 45.7. The van der Waals surface area contributed by atoms with Crippen molar-refractivity contribution in [2.75, 3.05) is 4.90 Å². The molecule has 15 aromatic rings. The predicted molar refractivity (Wildman–Crippen MR) is 331 cm³/mol. The van der Waals surface area contributed by atoms with Crippen molar-refractivity contribution >= 4 is 66.7 Å². The van der Waals surface area contributed by atoms with E-state index in [2.05, 4.69) is 317 Å². The molecule has 16 rings (SSSR count). The third-order valence-corrected chi connectivity index (χ3v) is 16.9. The number of hydrogen-bond donors (Lipinski definition) is 0. The zero-order valence-electron chi connectivity index (χ0n) is 43.9. The summed E-state index contributed by atoms with van der Waals surface area (Å²) in [5, 5.41) is 2.48. The Hall–Kier alpha value is -10.5. The van der Waals surface area contributed by atoms with E-state index in [4.69, 9.17) is 4.98 Å². The molecule has 1 aliphatic carbocycles. The van der Waals surface area contributed by atoms with Crippen molar-refractivity contribution in [1.29, 1.82) is 0 Å². The molecule has 1 atom stereocenters. The molecule has 80 heavy (non-hydrogen) atoms. The van der Waals surface area contributed by atoms with Crippen LogP contribution in [0.25, 0.3) is 94.4 Å². The summed E-state index contributed by atoms with van der Waals surface area (Å²) < 4.78 is 7.04. The molecule has 5 nitrogen and oxygen atoms in total. The highest BCUT2D eigenvalue weighted by Crippen LogP contribution is 2.58. The van der Waals surface area contributed by atoms with Crippen LogP contribution in [0.3, 0.4) is 0 Å². The van der Waals surface area contributed by atoms with Gasteiger partial charge >= 0.3 is 0 Å². The van der Waals surface area contributed by atoms with Crippen LogP contribution in [0.4, 0.5) is 17.1 Å². The smallest absolute Gasteiger partial charge is 0.220 e. The minimum atomic E-state index is -0.544. The molecular weight excluding hydrogens is 971 g/mol. The van der Waals surface area contributed by atoms with Gasteiger partial charge in [0.2, 0.25) is 5.78 Å². The Balaban J connectivity index is 0.861. The summed E-state index contributed by atoms with van der Waals surface area (Å²) in [6.45, 7) is 2.26. The highest BCUT2D eigenvalue weighted by atomic mass is 15.2. The molecule has 0 amide bonds. The number of rotatable bonds is 9. The van der Waals surface area contributed by atoms with Crippen LogP contribution in [-0.2, 0) is 5.41 Å². The molecule has 3 heterocycles. The second kappa shape index (κ2) is 18.1. The first-order valence-electron chi connectivity index (χ1n) is 27.5. The molecule has 0 radical (unpaired) electrons. The maximum atomic E-state index is 5.38. The summed E-state index contributed by atoms with van der Waals surface area (Å²) in [7, 11) is 0. The molecule has 12 aromatic carbocycles. The standard InChI is InChI=1S/C75H51N5/c1-50-19-11-15-29-65(50)75(55-22-7-3-8-23-55)66-30-16-12-26-61(66)62-44-42-59(48-67(62)75)77(57-38-33-52(34-39-57)51-20-5-2-6-21-51)58-40-35-53(36-41-58)54-37-46-71-73(47-54)80-72-49-60(43-45-68(72)76-74(80)79(71)56-24-9-4-10-25-56)78-69-31-17-13-27-63(69)64-28-14-18-32-70(64)78/h2-49H,1H3. The van der Waals surface area contributed by atoms with Crippen LogP contribution in [-0.4, -0.2) is 18.5 Å². The van der Waals surface area contributed by atoms with Gasteiger partial charge in [-0.1, -0.05) is 200 Å².